The highest BCUT2D eigenvalue weighted by atomic mass is 16.5. The average molecular weight is 279 g/mol. The summed E-state index contributed by atoms with van der Waals surface area (Å²) in [6.07, 6.45) is 0. The lowest BCUT2D eigenvalue weighted by atomic mass is 10.1. The molecule has 2 N–H and O–H groups in total. The van der Waals surface area contributed by atoms with Crippen molar-refractivity contribution >= 4 is 11.9 Å². The number of hydrogen-bond acceptors (Lipinski definition) is 3. The van der Waals surface area contributed by atoms with Crippen LogP contribution < -0.4 is 10.1 Å². The molecule has 1 amide bonds. The molecule has 0 aliphatic carbocycles. The van der Waals surface area contributed by atoms with Gasteiger partial charge in [-0.1, -0.05) is 26.0 Å². The summed E-state index contributed by atoms with van der Waals surface area (Å²) in [5.74, 6) is -1.03. The number of carboxylic acid groups (broad SMARTS) is 1. The number of carbonyl (C=O) groups is 2. The molecule has 1 aromatic rings. The van der Waals surface area contributed by atoms with Crippen LogP contribution in [0.25, 0.3) is 0 Å². The Kier molecular flexibility index (Phi) is 5.55. The van der Waals surface area contributed by atoms with Crippen molar-refractivity contribution in [3.05, 3.63) is 29.3 Å². The van der Waals surface area contributed by atoms with E-state index in [1.54, 1.807) is 19.9 Å². The third-order valence-corrected chi connectivity index (χ3v) is 3.16. The van der Waals surface area contributed by atoms with E-state index in [0.717, 1.165) is 11.1 Å². The summed E-state index contributed by atoms with van der Waals surface area (Å²) in [5.41, 5.74) is 2.05. The van der Waals surface area contributed by atoms with Crippen molar-refractivity contribution in [1.82, 2.24) is 5.32 Å². The first-order chi connectivity index (χ1) is 9.32. The minimum atomic E-state index is -1.04. The molecular formula is C15H21NO4. The molecule has 0 saturated carbocycles. The summed E-state index contributed by atoms with van der Waals surface area (Å²) in [5, 5.41) is 11.5. The van der Waals surface area contributed by atoms with Crippen LogP contribution >= 0.6 is 0 Å². The van der Waals surface area contributed by atoms with Gasteiger partial charge in [-0.25, -0.2) is 4.79 Å². The molecule has 0 aromatic heterocycles. The van der Waals surface area contributed by atoms with E-state index in [2.05, 4.69) is 5.32 Å². The third-order valence-electron chi connectivity index (χ3n) is 3.16. The second kappa shape index (κ2) is 6.93. The van der Waals surface area contributed by atoms with Crippen LogP contribution in [0.3, 0.4) is 0 Å². The van der Waals surface area contributed by atoms with Gasteiger partial charge < -0.3 is 15.2 Å². The summed E-state index contributed by atoms with van der Waals surface area (Å²) >= 11 is 0. The molecule has 5 heteroatoms. The monoisotopic (exact) mass is 279 g/mol. The van der Waals surface area contributed by atoms with Gasteiger partial charge in [0, 0.05) is 0 Å². The van der Waals surface area contributed by atoms with E-state index in [9.17, 15) is 9.59 Å². The number of rotatable bonds is 6. The number of ether oxygens (including phenoxy) is 1. The van der Waals surface area contributed by atoms with Gasteiger partial charge in [-0.3, -0.25) is 4.79 Å². The fourth-order valence-corrected chi connectivity index (χ4v) is 1.75. The van der Waals surface area contributed by atoms with Gasteiger partial charge in [-0.2, -0.15) is 0 Å². The van der Waals surface area contributed by atoms with Crippen molar-refractivity contribution in [2.24, 2.45) is 5.92 Å². The summed E-state index contributed by atoms with van der Waals surface area (Å²) in [6.45, 7) is 7.16. The summed E-state index contributed by atoms with van der Waals surface area (Å²) < 4.78 is 5.43. The first-order valence-electron chi connectivity index (χ1n) is 6.54. The first-order valence-corrected chi connectivity index (χ1v) is 6.54. The van der Waals surface area contributed by atoms with Crippen LogP contribution in [0.5, 0.6) is 5.75 Å². The van der Waals surface area contributed by atoms with Crippen molar-refractivity contribution < 1.29 is 19.4 Å². The Morgan fingerprint density at radius 3 is 2.50 bits per heavy atom. The highest BCUT2D eigenvalue weighted by Gasteiger charge is 2.23. The Hall–Kier alpha value is -2.04. The number of nitrogens with one attached hydrogen (secondary N) is 1. The number of carboxylic acids is 1. The molecule has 0 radical (unpaired) electrons. The van der Waals surface area contributed by atoms with E-state index in [1.165, 1.54) is 0 Å². The average Bonchev–Trinajstić information content (AvgIpc) is 2.37. The predicted molar refractivity (Wildman–Crippen MR) is 75.8 cm³/mol. The van der Waals surface area contributed by atoms with Crippen molar-refractivity contribution in [3.8, 4) is 5.75 Å². The second-order valence-corrected chi connectivity index (χ2v) is 5.11. The summed E-state index contributed by atoms with van der Waals surface area (Å²) in [6, 6.07) is 4.70. The number of hydrogen-bond donors (Lipinski definition) is 2. The van der Waals surface area contributed by atoms with Crippen molar-refractivity contribution in [2.45, 2.75) is 33.7 Å². The molecule has 0 fully saturated rings. The summed E-state index contributed by atoms with van der Waals surface area (Å²) in [4.78, 5) is 22.7. The van der Waals surface area contributed by atoms with E-state index < -0.39 is 17.9 Å². The Bertz CT molecular complexity index is 497. The Morgan fingerprint density at radius 1 is 1.30 bits per heavy atom. The molecule has 0 saturated heterocycles. The molecule has 0 heterocycles. The largest absolute Gasteiger partial charge is 0.483 e. The highest BCUT2D eigenvalue weighted by molar-refractivity contribution is 5.84. The van der Waals surface area contributed by atoms with Crippen LogP contribution in [0.1, 0.15) is 25.0 Å². The molecule has 20 heavy (non-hydrogen) atoms. The maximum atomic E-state index is 11.7. The molecule has 1 aromatic carbocycles. The number of aryl methyl sites for hydroxylation is 1. The molecule has 5 nitrogen and oxygen atoms in total. The van der Waals surface area contributed by atoms with E-state index in [1.807, 2.05) is 26.0 Å². The van der Waals surface area contributed by atoms with Gasteiger partial charge in [-0.15, -0.1) is 0 Å². The van der Waals surface area contributed by atoms with Crippen LogP contribution in [-0.4, -0.2) is 29.6 Å². The molecule has 0 aliphatic rings. The van der Waals surface area contributed by atoms with Crippen LogP contribution in [-0.2, 0) is 9.59 Å². The van der Waals surface area contributed by atoms with Gasteiger partial charge in [0.2, 0.25) is 0 Å². The molecule has 1 rings (SSSR count). The Labute approximate surface area is 118 Å². The van der Waals surface area contributed by atoms with Crippen LogP contribution in [0.2, 0.25) is 0 Å². The Balaban J connectivity index is 2.59. The number of carbonyl (C=O) groups excluding carboxylic acids is 1. The zero-order valence-electron chi connectivity index (χ0n) is 12.3. The minimum Gasteiger partial charge on any atom is -0.483 e. The Morgan fingerprint density at radius 2 is 1.95 bits per heavy atom. The second-order valence-electron chi connectivity index (χ2n) is 5.11. The van der Waals surface area contributed by atoms with E-state index in [-0.39, 0.29) is 12.5 Å². The molecule has 1 atom stereocenters. The van der Waals surface area contributed by atoms with Crippen LogP contribution in [0, 0.1) is 19.8 Å². The number of benzene rings is 1. The highest BCUT2D eigenvalue weighted by Crippen LogP contribution is 2.20. The third kappa shape index (κ3) is 4.26. The van der Waals surface area contributed by atoms with Crippen LogP contribution in [0.15, 0.2) is 18.2 Å². The molecule has 0 bridgehead atoms. The van der Waals surface area contributed by atoms with E-state index in [0.29, 0.717) is 5.75 Å². The quantitative estimate of drug-likeness (QED) is 0.834. The first kappa shape index (κ1) is 16.0. The van der Waals surface area contributed by atoms with Gasteiger partial charge in [-0.05, 0) is 37.0 Å². The topological polar surface area (TPSA) is 75.6 Å². The summed E-state index contributed by atoms with van der Waals surface area (Å²) in [7, 11) is 0. The normalized spacial score (nSPS) is 12.1. The molecular weight excluding hydrogens is 258 g/mol. The zero-order chi connectivity index (χ0) is 15.3. The van der Waals surface area contributed by atoms with Crippen LogP contribution in [0.4, 0.5) is 0 Å². The number of aliphatic carboxylic acids is 1. The van der Waals surface area contributed by atoms with Crippen molar-refractivity contribution in [2.75, 3.05) is 6.61 Å². The lowest BCUT2D eigenvalue weighted by molar-refractivity contribution is -0.143. The predicted octanol–water partition coefficient (Wildman–Crippen LogP) is 1.91. The zero-order valence-corrected chi connectivity index (χ0v) is 12.3. The van der Waals surface area contributed by atoms with Gasteiger partial charge in [0.15, 0.2) is 6.61 Å². The SMILES string of the molecule is Cc1cccc(OCC(=O)N[C@@H](C(=O)O)C(C)C)c1C. The molecule has 110 valence electrons. The van der Waals surface area contributed by atoms with Crippen molar-refractivity contribution in [1.29, 1.82) is 0 Å². The fourth-order valence-electron chi connectivity index (χ4n) is 1.75. The van der Waals surface area contributed by atoms with Gasteiger partial charge >= 0.3 is 5.97 Å². The van der Waals surface area contributed by atoms with Gasteiger partial charge in [0.25, 0.3) is 5.91 Å². The standard InChI is InChI=1S/C15H21NO4/c1-9(2)14(15(18)19)16-13(17)8-20-12-7-5-6-10(3)11(12)4/h5-7,9,14H,8H2,1-4H3,(H,16,17)(H,18,19)/t14-/m1/s1. The molecule has 0 spiro atoms. The molecule has 0 aliphatic heterocycles. The molecule has 0 unspecified atom stereocenters. The minimum absolute atomic E-state index is 0.183. The van der Waals surface area contributed by atoms with Crippen molar-refractivity contribution in [3.63, 3.8) is 0 Å². The lowest BCUT2D eigenvalue weighted by Crippen LogP contribution is -2.46. The number of amides is 1. The maximum absolute atomic E-state index is 11.7. The maximum Gasteiger partial charge on any atom is 0.326 e. The fraction of sp³-hybridized carbons (Fsp3) is 0.467. The lowest BCUT2D eigenvalue weighted by Gasteiger charge is -2.18. The smallest absolute Gasteiger partial charge is 0.326 e. The van der Waals surface area contributed by atoms with E-state index in [4.69, 9.17) is 9.84 Å². The van der Waals surface area contributed by atoms with E-state index >= 15 is 0 Å². The van der Waals surface area contributed by atoms with Gasteiger partial charge in [0.05, 0.1) is 0 Å². The van der Waals surface area contributed by atoms with Gasteiger partial charge in [0.1, 0.15) is 11.8 Å².